The molecule has 9 nitrogen and oxygen atoms in total. The van der Waals surface area contributed by atoms with Gasteiger partial charge in [-0.1, -0.05) is 6.92 Å². The van der Waals surface area contributed by atoms with E-state index in [2.05, 4.69) is 4.74 Å². The number of aliphatic hydroxyl groups excluding tert-OH is 1. The molecule has 4 unspecified atom stereocenters. The van der Waals surface area contributed by atoms with Gasteiger partial charge in [0.25, 0.3) is 5.79 Å². The van der Waals surface area contributed by atoms with Crippen molar-refractivity contribution in [2.24, 2.45) is 0 Å². The summed E-state index contributed by atoms with van der Waals surface area (Å²) >= 11 is 0. The molecule has 2 aliphatic heterocycles. The Kier molecular flexibility index (Phi) is 5.42. The minimum atomic E-state index is -1.31. The van der Waals surface area contributed by atoms with Crippen LogP contribution < -0.4 is 0 Å². The third kappa shape index (κ3) is 4.57. The van der Waals surface area contributed by atoms with Crippen LogP contribution in [0.4, 0.5) is 0 Å². The molecular formula is C13H24O9. The fourth-order valence-corrected chi connectivity index (χ4v) is 1.73. The molecule has 9 heteroatoms. The SMILES string of the molecule is CCC(C)(OCOCOCO)OC1OC12OC2OC(C)(C)O. The van der Waals surface area contributed by atoms with Crippen LogP contribution in [0.3, 0.4) is 0 Å². The van der Waals surface area contributed by atoms with Gasteiger partial charge < -0.3 is 43.4 Å². The Balaban J connectivity index is 1.71. The van der Waals surface area contributed by atoms with Crippen LogP contribution in [0.1, 0.15) is 34.1 Å². The Morgan fingerprint density at radius 3 is 2.23 bits per heavy atom. The van der Waals surface area contributed by atoms with Crippen molar-refractivity contribution in [3.63, 3.8) is 0 Å². The lowest BCUT2D eigenvalue weighted by atomic mass is 10.2. The van der Waals surface area contributed by atoms with Gasteiger partial charge in [-0.2, -0.15) is 0 Å². The quantitative estimate of drug-likeness (QED) is 0.312. The molecule has 0 amide bonds. The summed E-state index contributed by atoms with van der Waals surface area (Å²) < 4.78 is 36.7. The maximum absolute atomic E-state index is 9.57. The van der Waals surface area contributed by atoms with E-state index in [1.54, 1.807) is 6.92 Å². The minimum Gasteiger partial charge on any atom is -0.371 e. The van der Waals surface area contributed by atoms with Gasteiger partial charge in [-0.3, -0.25) is 0 Å². The molecule has 1 spiro atoms. The number of aliphatic hydroxyl groups is 2. The Labute approximate surface area is 128 Å². The molecule has 0 aromatic heterocycles. The molecule has 2 rings (SSSR count). The normalized spacial score (nSPS) is 33.0. The van der Waals surface area contributed by atoms with Crippen LogP contribution in [0.5, 0.6) is 0 Å². The highest BCUT2D eigenvalue weighted by Gasteiger charge is 2.81. The fourth-order valence-electron chi connectivity index (χ4n) is 1.73. The number of hydrogen-bond acceptors (Lipinski definition) is 9. The highest BCUT2D eigenvalue weighted by atomic mass is 17.0. The standard InChI is InChI=1S/C13H24O9/c1-5-12(4,18-8-17-7-16-6-14)20-10-13(22-10)9(21-13)19-11(2,3)15/h9-10,14-15H,5-8H2,1-4H3. The van der Waals surface area contributed by atoms with Crippen LogP contribution in [0.2, 0.25) is 0 Å². The maximum atomic E-state index is 9.57. The number of hydrogen-bond donors (Lipinski definition) is 2. The van der Waals surface area contributed by atoms with Gasteiger partial charge in [0.1, 0.15) is 6.79 Å². The average Bonchev–Trinajstić information content (AvgIpc) is 3.28. The lowest BCUT2D eigenvalue weighted by molar-refractivity contribution is -0.290. The molecular weight excluding hydrogens is 300 g/mol. The summed E-state index contributed by atoms with van der Waals surface area (Å²) in [6.07, 6.45) is -0.740. The van der Waals surface area contributed by atoms with Crippen LogP contribution in [-0.4, -0.2) is 60.5 Å². The molecule has 0 radical (unpaired) electrons. The van der Waals surface area contributed by atoms with E-state index in [1.807, 2.05) is 6.92 Å². The van der Waals surface area contributed by atoms with Gasteiger partial charge in [-0.25, -0.2) is 0 Å². The van der Waals surface area contributed by atoms with Crippen molar-refractivity contribution >= 4 is 0 Å². The van der Waals surface area contributed by atoms with Crippen LogP contribution >= 0.6 is 0 Å². The lowest BCUT2D eigenvalue weighted by Crippen LogP contribution is -2.35. The van der Waals surface area contributed by atoms with Crippen molar-refractivity contribution in [1.29, 1.82) is 0 Å². The average molecular weight is 324 g/mol. The molecule has 130 valence electrons. The predicted molar refractivity (Wildman–Crippen MR) is 69.7 cm³/mol. The first-order valence-corrected chi connectivity index (χ1v) is 7.08. The number of rotatable bonds is 11. The molecule has 2 fully saturated rings. The summed E-state index contributed by atoms with van der Waals surface area (Å²) in [6, 6.07) is 0. The van der Waals surface area contributed by atoms with Gasteiger partial charge >= 0.3 is 0 Å². The van der Waals surface area contributed by atoms with Crippen molar-refractivity contribution in [2.45, 2.75) is 64.1 Å². The van der Waals surface area contributed by atoms with E-state index in [9.17, 15) is 5.11 Å². The van der Waals surface area contributed by atoms with E-state index in [1.165, 1.54) is 13.8 Å². The monoisotopic (exact) mass is 324 g/mol. The Morgan fingerprint density at radius 1 is 1.05 bits per heavy atom. The first-order chi connectivity index (χ1) is 10.2. The first-order valence-electron chi connectivity index (χ1n) is 7.08. The predicted octanol–water partition coefficient (Wildman–Crippen LogP) is 0.198. The van der Waals surface area contributed by atoms with E-state index < -0.39 is 36.7 Å². The Bertz CT molecular complexity index is 371. The first kappa shape index (κ1) is 18.0. The molecule has 2 N–H and O–H groups in total. The van der Waals surface area contributed by atoms with Crippen LogP contribution in [0.15, 0.2) is 0 Å². The third-order valence-corrected chi connectivity index (χ3v) is 3.22. The van der Waals surface area contributed by atoms with Crippen molar-refractivity contribution in [3.8, 4) is 0 Å². The Morgan fingerprint density at radius 2 is 1.68 bits per heavy atom. The second-order valence-electron chi connectivity index (χ2n) is 5.71. The van der Waals surface area contributed by atoms with E-state index in [0.717, 1.165) is 0 Å². The molecule has 2 saturated heterocycles. The Hall–Kier alpha value is -0.360. The molecule has 0 saturated carbocycles. The topological polar surface area (TPSA) is 112 Å². The maximum Gasteiger partial charge on any atom is 0.278 e. The summed E-state index contributed by atoms with van der Waals surface area (Å²) in [7, 11) is 0. The van der Waals surface area contributed by atoms with Crippen LogP contribution in [0, 0.1) is 0 Å². The third-order valence-electron chi connectivity index (χ3n) is 3.22. The van der Waals surface area contributed by atoms with Crippen molar-refractivity contribution < 1.29 is 43.4 Å². The van der Waals surface area contributed by atoms with Crippen LogP contribution in [0.25, 0.3) is 0 Å². The highest BCUT2D eigenvalue weighted by molar-refractivity contribution is 5.05. The van der Waals surface area contributed by atoms with E-state index >= 15 is 0 Å². The smallest absolute Gasteiger partial charge is 0.278 e. The molecule has 4 atom stereocenters. The zero-order valence-corrected chi connectivity index (χ0v) is 13.2. The number of epoxide rings is 2. The zero-order chi connectivity index (χ0) is 16.4. The largest absolute Gasteiger partial charge is 0.371 e. The summed E-state index contributed by atoms with van der Waals surface area (Å²) in [5.41, 5.74) is 0. The molecule has 0 aromatic carbocycles. The van der Waals surface area contributed by atoms with Crippen LogP contribution in [-0.2, 0) is 33.2 Å². The molecule has 22 heavy (non-hydrogen) atoms. The molecule has 0 aromatic rings. The summed E-state index contributed by atoms with van der Waals surface area (Å²) in [5.74, 6) is -3.19. The summed E-state index contributed by atoms with van der Waals surface area (Å²) in [4.78, 5) is 0. The van der Waals surface area contributed by atoms with Gasteiger partial charge in [-0.15, -0.1) is 0 Å². The van der Waals surface area contributed by atoms with Crippen molar-refractivity contribution in [2.75, 3.05) is 20.4 Å². The van der Waals surface area contributed by atoms with Crippen molar-refractivity contribution in [1.82, 2.24) is 0 Å². The van der Waals surface area contributed by atoms with E-state index in [-0.39, 0.29) is 13.6 Å². The minimum absolute atomic E-state index is 0.0610. The fraction of sp³-hybridized carbons (Fsp3) is 1.00. The summed E-state index contributed by atoms with van der Waals surface area (Å²) in [6.45, 7) is 6.08. The van der Waals surface area contributed by atoms with E-state index in [0.29, 0.717) is 6.42 Å². The second-order valence-corrected chi connectivity index (χ2v) is 5.71. The molecule has 2 heterocycles. The zero-order valence-electron chi connectivity index (χ0n) is 13.2. The van der Waals surface area contributed by atoms with Gasteiger partial charge in [0.15, 0.2) is 25.2 Å². The second kappa shape index (κ2) is 6.63. The van der Waals surface area contributed by atoms with E-state index in [4.69, 9.17) is 33.5 Å². The van der Waals surface area contributed by atoms with Gasteiger partial charge in [-0.05, 0) is 27.2 Å². The summed E-state index contributed by atoms with van der Waals surface area (Å²) in [5, 5.41) is 18.0. The number of ether oxygens (including phenoxy) is 7. The van der Waals surface area contributed by atoms with Gasteiger partial charge in [0.2, 0.25) is 12.6 Å². The van der Waals surface area contributed by atoms with Gasteiger partial charge in [0, 0.05) is 0 Å². The highest BCUT2D eigenvalue weighted by Crippen LogP contribution is 2.58. The van der Waals surface area contributed by atoms with Crippen molar-refractivity contribution in [3.05, 3.63) is 0 Å². The van der Waals surface area contributed by atoms with Gasteiger partial charge in [0.05, 0.1) is 0 Å². The lowest BCUT2D eigenvalue weighted by Gasteiger charge is -2.27. The molecule has 0 aliphatic carbocycles. The molecule has 2 aliphatic rings. The molecule has 0 bridgehead atoms.